The standard InChI is InChI=1S/C13H14F3N3O/c1-2-12(20)11-8-19(18-17-11)7-9-3-5-10(6-4-9)13(14,15)16/h3-6,8,12,20H,2,7H2,1H3. The Kier molecular flexibility index (Phi) is 4.08. The first kappa shape index (κ1) is 14.5. The fourth-order valence-electron chi connectivity index (χ4n) is 1.74. The summed E-state index contributed by atoms with van der Waals surface area (Å²) in [6.07, 6.45) is -2.88. The highest BCUT2D eigenvalue weighted by Gasteiger charge is 2.29. The van der Waals surface area contributed by atoms with Crippen molar-refractivity contribution in [1.82, 2.24) is 15.0 Å². The van der Waals surface area contributed by atoms with Crippen molar-refractivity contribution in [2.45, 2.75) is 32.2 Å². The predicted molar refractivity (Wildman–Crippen MR) is 65.8 cm³/mol. The van der Waals surface area contributed by atoms with Crippen LogP contribution in [-0.2, 0) is 12.7 Å². The Labute approximate surface area is 113 Å². The summed E-state index contributed by atoms with van der Waals surface area (Å²) in [6.45, 7) is 2.13. The summed E-state index contributed by atoms with van der Waals surface area (Å²) in [7, 11) is 0. The van der Waals surface area contributed by atoms with Crippen molar-refractivity contribution in [3.05, 3.63) is 47.3 Å². The lowest BCUT2D eigenvalue weighted by atomic mass is 10.1. The van der Waals surface area contributed by atoms with Gasteiger partial charge < -0.3 is 5.11 Å². The van der Waals surface area contributed by atoms with E-state index >= 15 is 0 Å². The average Bonchev–Trinajstić information content (AvgIpc) is 2.86. The minimum Gasteiger partial charge on any atom is -0.387 e. The van der Waals surface area contributed by atoms with E-state index in [1.807, 2.05) is 6.92 Å². The molecule has 1 heterocycles. The van der Waals surface area contributed by atoms with E-state index in [-0.39, 0.29) is 0 Å². The van der Waals surface area contributed by atoms with Crippen molar-refractivity contribution >= 4 is 0 Å². The average molecular weight is 285 g/mol. The van der Waals surface area contributed by atoms with E-state index < -0.39 is 17.8 Å². The van der Waals surface area contributed by atoms with Crippen LogP contribution in [0.2, 0.25) is 0 Å². The first-order chi connectivity index (χ1) is 9.40. The minimum absolute atomic E-state index is 0.307. The highest BCUT2D eigenvalue weighted by Crippen LogP contribution is 2.29. The molecule has 0 saturated carbocycles. The molecule has 2 rings (SSSR count). The smallest absolute Gasteiger partial charge is 0.387 e. The minimum atomic E-state index is -4.33. The molecular weight excluding hydrogens is 271 g/mol. The molecule has 0 bridgehead atoms. The maximum atomic E-state index is 12.4. The predicted octanol–water partition coefficient (Wildman–Crippen LogP) is 2.79. The lowest BCUT2D eigenvalue weighted by molar-refractivity contribution is -0.137. The first-order valence-electron chi connectivity index (χ1n) is 6.14. The fourth-order valence-corrected chi connectivity index (χ4v) is 1.74. The van der Waals surface area contributed by atoms with E-state index in [0.29, 0.717) is 24.2 Å². The summed E-state index contributed by atoms with van der Waals surface area (Å²) in [5, 5.41) is 17.3. The van der Waals surface area contributed by atoms with Crippen LogP contribution in [0.5, 0.6) is 0 Å². The number of hydrogen-bond acceptors (Lipinski definition) is 3. The van der Waals surface area contributed by atoms with Crippen LogP contribution in [0.15, 0.2) is 30.5 Å². The number of rotatable bonds is 4. The number of nitrogens with zero attached hydrogens (tertiary/aromatic N) is 3. The topological polar surface area (TPSA) is 50.9 Å². The summed E-state index contributed by atoms with van der Waals surface area (Å²) in [5.74, 6) is 0. The Morgan fingerprint density at radius 3 is 2.45 bits per heavy atom. The third kappa shape index (κ3) is 3.36. The zero-order valence-electron chi connectivity index (χ0n) is 10.8. The molecule has 0 aliphatic rings. The van der Waals surface area contributed by atoms with Crippen LogP contribution in [0, 0.1) is 0 Å². The number of hydrogen-bond donors (Lipinski definition) is 1. The summed E-state index contributed by atoms with van der Waals surface area (Å²) in [5.41, 5.74) is 0.460. The maximum absolute atomic E-state index is 12.4. The van der Waals surface area contributed by atoms with Crippen molar-refractivity contribution in [2.24, 2.45) is 0 Å². The van der Waals surface area contributed by atoms with E-state index in [4.69, 9.17) is 0 Å². The third-order valence-corrected chi connectivity index (χ3v) is 2.91. The molecule has 0 aliphatic carbocycles. The normalized spacial score (nSPS) is 13.4. The molecule has 0 spiro atoms. The molecule has 4 nitrogen and oxygen atoms in total. The van der Waals surface area contributed by atoms with E-state index in [2.05, 4.69) is 10.3 Å². The molecule has 1 aromatic carbocycles. The highest BCUT2D eigenvalue weighted by molar-refractivity contribution is 5.24. The summed E-state index contributed by atoms with van der Waals surface area (Å²) >= 11 is 0. The Morgan fingerprint density at radius 1 is 1.25 bits per heavy atom. The van der Waals surface area contributed by atoms with Gasteiger partial charge in [-0.3, -0.25) is 0 Å². The molecule has 2 aromatic rings. The van der Waals surface area contributed by atoms with Crippen LogP contribution in [0.3, 0.4) is 0 Å². The lowest BCUT2D eigenvalue weighted by Gasteiger charge is -2.07. The number of aliphatic hydroxyl groups is 1. The van der Waals surface area contributed by atoms with Crippen molar-refractivity contribution in [3.63, 3.8) is 0 Å². The van der Waals surface area contributed by atoms with Crippen molar-refractivity contribution < 1.29 is 18.3 Å². The van der Waals surface area contributed by atoms with Crippen LogP contribution < -0.4 is 0 Å². The van der Waals surface area contributed by atoms with Gasteiger partial charge in [-0.2, -0.15) is 13.2 Å². The second-order valence-electron chi connectivity index (χ2n) is 4.46. The zero-order valence-corrected chi connectivity index (χ0v) is 10.8. The molecule has 20 heavy (non-hydrogen) atoms. The molecule has 1 N–H and O–H groups in total. The third-order valence-electron chi connectivity index (χ3n) is 2.91. The van der Waals surface area contributed by atoms with Crippen molar-refractivity contribution in [2.75, 3.05) is 0 Å². The number of aromatic nitrogens is 3. The van der Waals surface area contributed by atoms with Gasteiger partial charge in [0, 0.05) is 0 Å². The quantitative estimate of drug-likeness (QED) is 0.939. The number of aliphatic hydroxyl groups excluding tert-OH is 1. The van der Waals surface area contributed by atoms with Crippen molar-refractivity contribution in [1.29, 1.82) is 0 Å². The second kappa shape index (κ2) is 5.62. The summed E-state index contributed by atoms with van der Waals surface area (Å²) in [4.78, 5) is 0. The van der Waals surface area contributed by atoms with E-state index in [9.17, 15) is 18.3 Å². The van der Waals surface area contributed by atoms with Gasteiger partial charge in [0.15, 0.2) is 0 Å². The van der Waals surface area contributed by atoms with Crippen LogP contribution in [0.1, 0.15) is 36.3 Å². The zero-order chi connectivity index (χ0) is 14.8. The van der Waals surface area contributed by atoms with E-state index in [0.717, 1.165) is 12.1 Å². The molecule has 0 saturated heterocycles. The molecule has 0 radical (unpaired) electrons. The lowest BCUT2D eigenvalue weighted by Crippen LogP contribution is -2.06. The number of benzene rings is 1. The van der Waals surface area contributed by atoms with Gasteiger partial charge in [-0.15, -0.1) is 5.10 Å². The van der Waals surface area contributed by atoms with Gasteiger partial charge in [-0.1, -0.05) is 24.3 Å². The van der Waals surface area contributed by atoms with Crippen LogP contribution in [-0.4, -0.2) is 20.1 Å². The van der Waals surface area contributed by atoms with E-state index in [1.54, 1.807) is 6.20 Å². The molecule has 0 amide bonds. The van der Waals surface area contributed by atoms with E-state index in [1.165, 1.54) is 16.8 Å². The molecule has 108 valence electrons. The molecule has 1 atom stereocenters. The Morgan fingerprint density at radius 2 is 1.90 bits per heavy atom. The van der Waals surface area contributed by atoms with Gasteiger partial charge >= 0.3 is 6.18 Å². The molecule has 1 aromatic heterocycles. The monoisotopic (exact) mass is 285 g/mol. The molecule has 7 heteroatoms. The van der Waals surface area contributed by atoms with Gasteiger partial charge in [0.2, 0.25) is 0 Å². The van der Waals surface area contributed by atoms with Gasteiger partial charge in [0.05, 0.1) is 24.4 Å². The molecule has 0 fully saturated rings. The number of alkyl halides is 3. The van der Waals surface area contributed by atoms with Crippen molar-refractivity contribution in [3.8, 4) is 0 Å². The fraction of sp³-hybridized carbons (Fsp3) is 0.385. The Bertz CT molecular complexity index is 563. The maximum Gasteiger partial charge on any atom is 0.416 e. The molecular formula is C13H14F3N3O. The molecule has 1 unspecified atom stereocenters. The van der Waals surface area contributed by atoms with Gasteiger partial charge in [-0.05, 0) is 24.1 Å². The van der Waals surface area contributed by atoms with Gasteiger partial charge in [-0.25, -0.2) is 4.68 Å². The highest BCUT2D eigenvalue weighted by atomic mass is 19.4. The second-order valence-corrected chi connectivity index (χ2v) is 4.46. The molecule has 0 aliphatic heterocycles. The van der Waals surface area contributed by atoms with Gasteiger partial charge in [0.25, 0.3) is 0 Å². The summed E-state index contributed by atoms with van der Waals surface area (Å²) in [6, 6.07) is 4.88. The van der Waals surface area contributed by atoms with Crippen LogP contribution in [0.25, 0.3) is 0 Å². The largest absolute Gasteiger partial charge is 0.416 e. The first-order valence-corrected chi connectivity index (χ1v) is 6.14. The number of halogens is 3. The van der Waals surface area contributed by atoms with Gasteiger partial charge in [0.1, 0.15) is 5.69 Å². The Balaban J connectivity index is 2.08. The van der Waals surface area contributed by atoms with Crippen LogP contribution in [0.4, 0.5) is 13.2 Å². The van der Waals surface area contributed by atoms with Crippen LogP contribution >= 0.6 is 0 Å². The SMILES string of the molecule is CCC(O)c1cn(Cc2ccc(C(F)(F)F)cc2)nn1. The summed E-state index contributed by atoms with van der Waals surface area (Å²) < 4.78 is 38.7. The Hall–Kier alpha value is -1.89.